The normalized spacial score (nSPS) is 29.1. The van der Waals surface area contributed by atoms with E-state index in [-0.39, 0.29) is 0 Å². The summed E-state index contributed by atoms with van der Waals surface area (Å²) >= 11 is 0. The molecule has 24 heavy (non-hydrogen) atoms. The van der Waals surface area contributed by atoms with Crippen LogP contribution in [-0.4, -0.2) is 43.2 Å². The Morgan fingerprint density at radius 3 is 1.75 bits per heavy atom. The van der Waals surface area contributed by atoms with Crippen molar-refractivity contribution in [2.45, 2.75) is 108 Å². The minimum atomic E-state index is 0.469. The third kappa shape index (κ3) is 8.82. The third-order valence-corrected chi connectivity index (χ3v) is 6.09. The molecule has 1 unspecified atom stereocenters. The molecular weight excluding hydrogens is 294 g/mol. The second-order valence-electron chi connectivity index (χ2n) is 8.24. The molecule has 0 spiro atoms. The van der Waals surface area contributed by atoms with Gasteiger partial charge in [-0.2, -0.15) is 0 Å². The van der Waals surface area contributed by atoms with Gasteiger partial charge in [-0.3, -0.25) is 0 Å². The first-order chi connectivity index (χ1) is 11.9. The van der Waals surface area contributed by atoms with Crippen LogP contribution in [0.25, 0.3) is 0 Å². The first kappa shape index (κ1) is 20.2. The van der Waals surface area contributed by atoms with Gasteiger partial charge < -0.3 is 16.0 Å². The van der Waals surface area contributed by atoms with Crippen LogP contribution in [0.2, 0.25) is 0 Å². The monoisotopic (exact) mass is 337 g/mol. The number of nitrogens with zero attached hydrogens (tertiary/aromatic N) is 1. The highest BCUT2D eigenvalue weighted by atomic mass is 15.1. The maximum Gasteiger partial charge on any atom is 0.00952 e. The third-order valence-electron chi connectivity index (χ3n) is 6.09. The smallest absolute Gasteiger partial charge is 0.00952 e. The molecule has 0 radical (unpaired) electrons. The van der Waals surface area contributed by atoms with E-state index in [2.05, 4.69) is 10.2 Å². The van der Waals surface area contributed by atoms with E-state index in [9.17, 15) is 0 Å². The molecule has 0 bridgehead atoms. The fourth-order valence-corrected chi connectivity index (χ4v) is 4.49. The van der Waals surface area contributed by atoms with E-state index >= 15 is 0 Å². The Bertz CT molecular complexity index is 269. The van der Waals surface area contributed by atoms with E-state index < -0.39 is 0 Å². The molecule has 0 saturated carbocycles. The van der Waals surface area contributed by atoms with Crippen LogP contribution in [0.5, 0.6) is 0 Å². The second kappa shape index (κ2) is 13.1. The summed E-state index contributed by atoms with van der Waals surface area (Å²) in [6.07, 6.45) is 20.5. The Hall–Kier alpha value is -0.120. The summed E-state index contributed by atoms with van der Waals surface area (Å²) in [6.45, 7) is 5.12. The van der Waals surface area contributed by atoms with Gasteiger partial charge in [0.15, 0.2) is 0 Å². The first-order valence-electron chi connectivity index (χ1n) is 11.1. The van der Waals surface area contributed by atoms with Crippen LogP contribution in [0, 0.1) is 0 Å². The van der Waals surface area contributed by atoms with Crippen LogP contribution < -0.4 is 11.1 Å². The molecule has 2 saturated heterocycles. The summed E-state index contributed by atoms with van der Waals surface area (Å²) in [5.74, 6) is 0. The number of nitrogens with one attached hydrogen (secondary N) is 1. The van der Waals surface area contributed by atoms with Gasteiger partial charge in [0.2, 0.25) is 0 Å². The fourth-order valence-electron chi connectivity index (χ4n) is 4.49. The Labute approximate surface area is 151 Å². The molecule has 3 N–H and O–H groups in total. The van der Waals surface area contributed by atoms with Crippen LogP contribution in [0.4, 0.5) is 0 Å². The van der Waals surface area contributed by atoms with Gasteiger partial charge in [-0.05, 0) is 77.5 Å². The van der Waals surface area contributed by atoms with Gasteiger partial charge in [0.1, 0.15) is 0 Å². The van der Waals surface area contributed by atoms with E-state index in [1.54, 1.807) is 0 Å². The first-order valence-corrected chi connectivity index (χ1v) is 11.1. The minimum Gasteiger partial charge on any atom is -0.328 e. The van der Waals surface area contributed by atoms with Crippen molar-refractivity contribution in [1.29, 1.82) is 0 Å². The molecular formula is C21H43N3. The maximum atomic E-state index is 6.22. The van der Waals surface area contributed by atoms with Crippen molar-refractivity contribution < 1.29 is 0 Å². The van der Waals surface area contributed by atoms with Crippen molar-refractivity contribution in [2.75, 3.05) is 26.2 Å². The summed E-state index contributed by atoms with van der Waals surface area (Å²) in [6, 6.07) is 1.32. The van der Waals surface area contributed by atoms with Crippen LogP contribution in [-0.2, 0) is 0 Å². The van der Waals surface area contributed by atoms with Crippen LogP contribution >= 0.6 is 0 Å². The van der Waals surface area contributed by atoms with Gasteiger partial charge in [-0.15, -0.1) is 0 Å². The summed E-state index contributed by atoms with van der Waals surface area (Å²) in [4.78, 5) is 2.88. The Balaban J connectivity index is 1.83. The molecule has 1 atom stereocenters. The van der Waals surface area contributed by atoms with E-state index in [1.165, 1.54) is 122 Å². The molecule has 2 rings (SSSR count). The zero-order valence-corrected chi connectivity index (χ0v) is 16.1. The van der Waals surface area contributed by atoms with E-state index in [0.717, 1.165) is 6.04 Å². The molecule has 0 amide bonds. The Kier molecular flexibility index (Phi) is 11.1. The maximum absolute atomic E-state index is 6.22. The summed E-state index contributed by atoms with van der Waals surface area (Å²) < 4.78 is 0. The molecule has 0 aromatic rings. The standard InChI is InChI=1S/C21H43N3/c22-20-12-4-2-10-18-24(19-11-3-5-13-20)21-14-6-1-8-16-23-17-9-7-15-21/h20-21,23H,1-19,22H2. The van der Waals surface area contributed by atoms with Gasteiger partial charge in [-0.1, -0.05) is 44.9 Å². The molecule has 3 heteroatoms. The van der Waals surface area contributed by atoms with Gasteiger partial charge in [0.25, 0.3) is 0 Å². The highest BCUT2D eigenvalue weighted by Gasteiger charge is 2.18. The molecule has 2 fully saturated rings. The van der Waals surface area contributed by atoms with Crippen molar-refractivity contribution in [3.63, 3.8) is 0 Å². The lowest BCUT2D eigenvalue weighted by Gasteiger charge is -2.32. The highest BCUT2D eigenvalue weighted by Crippen LogP contribution is 2.20. The van der Waals surface area contributed by atoms with Crippen molar-refractivity contribution in [1.82, 2.24) is 10.2 Å². The number of rotatable bonds is 1. The average molecular weight is 338 g/mol. The molecule has 2 heterocycles. The number of nitrogens with two attached hydrogens (primary N) is 1. The minimum absolute atomic E-state index is 0.469. The number of hydrogen-bond acceptors (Lipinski definition) is 3. The van der Waals surface area contributed by atoms with Gasteiger partial charge in [0.05, 0.1) is 0 Å². The van der Waals surface area contributed by atoms with Crippen molar-refractivity contribution >= 4 is 0 Å². The van der Waals surface area contributed by atoms with E-state index in [4.69, 9.17) is 5.73 Å². The van der Waals surface area contributed by atoms with Crippen LogP contribution in [0.1, 0.15) is 96.3 Å². The SMILES string of the molecule is NC1CCCCCN(C2CCCCCNCCCC2)CCCCC1. The lowest BCUT2D eigenvalue weighted by atomic mass is 9.98. The van der Waals surface area contributed by atoms with Crippen molar-refractivity contribution in [3.8, 4) is 0 Å². The van der Waals surface area contributed by atoms with Crippen LogP contribution in [0.15, 0.2) is 0 Å². The van der Waals surface area contributed by atoms with Crippen molar-refractivity contribution in [2.24, 2.45) is 5.73 Å². The van der Waals surface area contributed by atoms with Gasteiger partial charge >= 0.3 is 0 Å². The van der Waals surface area contributed by atoms with E-state index in [0.29, 0.717) is 6.04 Å². The lowest BCUT2D eigenvalue weighted by molar-refractivity contribution is 0.163. The zero-order valence-electron chi connectivity index (χ0n) is 16.1. The summed E-state index contributed by atoms with van der Waals surface area (Å²) in [5, 5.41) is 3.60. The highest BCUT2D eigenvalue weighted by molar-refractivity contribution is 4.75. The van der Waals surface area contributed by atoms with Gasteiger partial charge in [-0.25, -0.2) is 0 Å². The Morgan fingerprint density at radius 1 is 0.583 bits per heavy atom. The van der Waals surface area contributed by atoms with Crippen LogP contribution in [0.3, 0.4) is 0 Å². The summed E-state index contributed by atoms with van der Waals surface area (Å²) in [5.41, 5.74) is 6.22. The largest absolute Gasteiger partial charge is 0.328 e. The Morgan fingerprint density at radius 2 is 1.08 bits per heavy atom. The average Bonchev–Trinajstić information content (AvgIpc) is 2.63. The lowest BCUT2D eigenvalue weighted by Crippen LogP contribution is -2.37. The number of hydrogen-bond donors (Lipinski definition) is 2. The summed E-state index contributed by atoms with van der Waals surface area (Å²) in [7, 11) is 0. The molecule has 2 aliphatic heterocycles. The molecule has 0 aliphatic carbocycles. The molecule has 3 nitrogen and oxygen atoms in total. The van der Waals surface area contributed by atoms with Crippen molar-refractivity contribution in [3.05, 3.63) is 0 Å². The molecule has 0 aromatic heterocycles. The topological polar surface area (TPSA) is 41.3 Å². The molecule has 0 aromatic carbocycles. The van der Waals surface area contributed by atoms with E-state index in [1.807, 2.05) is 0 Å². The van der Waals surface area contributed by atoms with Gasteiger partial charge in [0, 0.05) is 12.1 Å². The predicted molar refractivity (Wildman–Crippen MR) is 105 cm³/mol. The molecule has 2 aliphatic rings. The zero-order chi connectivity index (χ0) is 16.9. The fraction of sp³-hybridized carbons (Fsp3) is 1.00. The molecule has 142 valence electrons. The second-order valence-corrected chi connectivity index (χ2v) is 8.24. The quantitative estimate of drug-likeness (QED) is 0.742. The predicted octanol–water partition coefficient (Wildman–Crippen LogP) is 4.45.